The maximum atomic E-state index is 12.1. The molecule has 0 aliphatic heterocycles. The summed E-state index contributed by atoms with van der Waals surface area (Å²) >= 11 is 5.96. The van der Waals surface area contributed by atoms with Crippen molar-refractivity contribution in [1.29, 1.82) is 0 Å². The second-order valence-corrected chi connectivity index (χ2v) is 6.66. The lowest BCUT2D eigenvalue weighted by molar-refractivity contribution is -0.144. The van der Waals surface area contributed by atoms with Crippen LogP contribution in [0.1, 0.15) is 34.8 Å². The first-order chi connectivity index (χ1) is 13.3. The molecule has 1 amide bonds. The lowest BCUT2D eigenvalue weighted by Crippen LogP contribution is -2.20. The summed E-state index contributed by atoms with van der Waals surface area (Å²) in [6, 6.07) is 9.86. The number of carbonyl (C=O) groups is 3. The summed E-state index contributed by atoms with van der Waals surface area (Å²) in [5, 5.41) is 3.29. The highest BCUT2D eigenvalue weighted by Crippen LogP contribution is 2.27. The Morgan fingerprint density at radius 2 is 1.61 bits per heavy atom. The molecule has 148 valence electrons. The van der Waals surface area contributed by atoms with Crippen LogP contribution in [0.3, 0.4) is 0 Å². The van der Waals surface area contributed by atoms with E-state index in [4.69, 9.17) is 21.1 Å². The van der Waals surface area contributed by atoms with E-state index in [2.05, 4.69) is 5.32 Å². The Morgan fingerprint density at radius 1 is 1.00 bits per heavy atom. The van der Waals surface area contributed by atoms with Crippen LogP contribution < -0.4 is 10.1 Å². The first kappa shape index (κ1) is 21.4. The standard InChI is InChI=1S/C21H22ClNO5/c1-4-19(25)23-17-7-5-15(6-8-17)18(24)11-27-20(26)12-28-21-13(2)9-16(22)10-14(21)3/h5-10H,4,11-12H2,1-3H3,(H,23,25). The van der Waals surface area contributed by atoms with Gasteiger partial charge in [0, 0.05) is 22.7 Å². The van der Waals surface area contributed by atoms with Gasteiger partial charge in [0.25, 0.3) is 0 Å². The summed E-state index contributed by atoms with van der Waals surface area (Å²) in [5.74, 6) is -0.536. The minimum absolute atomic E-state index is 0.112. The van der Waals surface area contributed by atoms with Gasteiger partial charge in [-0.2, -0.15) is 0 Å². The minimum atomic E-state index is -0.645. The topological polar surface area (TPSA) is 81.7 Å². The number of esters is 1. The third-order valence-electron chi connectivity index (χ3n) is 3.94. The van der Waals surface area contributed by atoms with Gasteiger partial charge >= 0.3 is 5.97 Å². The lowest BCUT2D eigenvalue weighted by atomic mass is 10.1. The van der Waals surface area contributed by atoms with E-state index in [1.54, 1.807) is 43.3 Å². The molecule has 0 aliphatic rings. The van der Waals surface area contributed by atoms with Crippen molar-refractivity contribution in [3.05, 3.63) is 58.1 Å². The van der Waals surface area contributed by atoms with Crippen molar-refractivity contribution in [2.45, 2.75) is 27.2 Å². The Morgan fingerprint density at radius 3 is 2.18 bits per heavy atom. The molecule has 0 radical (unpaired) electrons. The molecule has 0 heterocycles. The highest BCUT2D eigenvalue weighted by Gasteiger charge is 2.13. The van der Waals surface area contributed by atoms with E-state index in [-0.39, 0.29) is 24.9 Å². The average molecular weight is 404 g/mol. The molecule has 2 rings (SSSR count). The molecule has 28 heavy (non-hydrogen) atoms. The largest absolute Gasteiger partial charge is 0.481 e. The summed E-state index contributed by atoms with van der Waals surface area (Å²) in [4.78, 5) is 35.4. The van der Waals surface area contributed by atoms with Gasteiger partial charge in [0.2, 0.25) is 5.91 Å². The molecule has 2 aromatic rings. The van der Waals surface area contributed by atoms with Gasteiger partial charge in [-0.25, -0.2) is 4.79 Å². The number of ether oxygens (including phenoxy) is 2. The molecule has 0 saturated heterocycles. The number of rotatable bonds is 8. The van der Waals surface area contributed by atoms with Gasteiger partial charge in [0.05, 0.1) is 0 Å². The molecule has 0 atom stereocenters. The van der Waals surface area contributed by atoms with E-state index < -0.39 is 5.97 Å². The number of Topliss-reactive ketones (excluding diaryl/α,β-unsaturated/α-hetero) is 1. The van der Waals surface area contributed by atoms with Gasteiger partial charge in [-0.15, -0.1) is 0 Å². The fourth-order valence-electron chi connectivity index (χ4n) is 2.52. The van der Waals surface area contributed by atoms with Crippen molar-refractivity contribution in [3.63, 3.8) is 0 Å². The molecule has 0 fully saturated rings. The number of carbonyl (C=O) groups excluding carboxylic acids is 3. The van der Waals surface area contributed by atoms with Gasteiger partial charge in [-0.3, -0.25) is 9.59 Å². The monoisotopic (exact) mass is 403 g/mol. The van der Waals surface area contributed by atoms with E-state index in [1.807, 2.05) is 13.8 Å². The van der Waals surface area contributed by atoms with E-state index in [1.165, 1.54) is 0 Å². The summed E-state index contributed by atoms with van der Waals surface area (Å²) in [5.41, 5.74) is 2.60. The number of anilines is 1. The molecule has 0 aliphatic carbocycles. The van der Waals surface area contributed by atoms with E-state index in [9.17, 15) is 14.4 Å². The van der Waals surface area contributed by atoms with Crippen LogP contribution in [0.25, 0.3) is 0 Å². The summed E-state index contributed by atoms with van der Waals surface area (Å²) in [7, 11) is 0. The lowest BCUT2D eigenvalue weighted by Gasteiger charge is -2.12. The van der Waals surface area contributed by atoms with Gasteiger partial charge in [-0.05, 0) is 61.4 Å². The summed E-state index contributed by atoms with van der Waals surface area (Å²) < 4.78 is 10.5. The zero-order valence-electron chi connectivity index (χ0n) is 16.0. The predicted octanol–water partition coefficient (Wildman–Crippen LogP) is 4.11. The molecule has 7 heteroatoms. The number of nitrogens with one attached hydrogen (secondary N) is 1. The first-order valence-corrected chi connectivity index (χ1v) is 9.16. The van der Waals surface area contributed by atoms with Gasteiger partial charge in [0.15, 0.2) is 19.0 Å². The van der Waals surface area contributed by atoms with Crippen LogP contribution in [0.5, 0.6) is 5.75 Å². The maximum Gasteiger partial charge on any atom is 0.344 e. The fraction of sp³-hybridized carbons (Fsp3) is 0.286. The number of ketones is 1. The van der Waals surface area contributed by atoms with Crippen molar-refractivity contribution < 1.29 is 23.9 Å². The highest BCUT2D eigenvalue weighted by atomic mass is 35.5. The maximum absolute atomic E-state index is 12.1. The van der Waals surface area contributed by atoms with Crippen LogP contribution in [0.15, 0.2) is 36.4 Å². The molecule has 0 spiro atoms. The van der Waals surface area contributed by atoms with Crippen LogP contribution in [-0.4, -0.2) is 30.9 Å². The smallest absolute Gasteiger partial charge is 0.344 e. The number of benzene rings is 2. The Hall–Kier alpha value is -2.86. The van der Waals surface area contributed by atoms with Crippen molar-refractivity contribution in [3.8, 4) is 5.75 Å². The normalized spacial score (nSPS) is 10.3. The molecule has 0 saturated carbocycles. The molecule has 2 aromatic carbocycles. The molecule has 6 nitrogen and oxygen atoms in total. The van der Waals surface area contributed by atoms with E-state index >= 15 is 0 Å². The number of amides is 1. The van der Waals surface area contributed by atoms with Gasteiger partial charge in [-0.1, -0.05) is 18.5 Å². The van der Waals surface area contributed by atoms with Crippen LogP contribution in [0.2, 0.25) is 5.02 Å². The quantitative estimate of drug-likeness (QED) is 0.529. The average Bonchev–Trinajstić information content (AvgIpc) is 2.65. The van der Waals surface area contributed by atoms with Crippen LogP contribution in [0, 0.1) is 13.8 Å². The van der Waals surface area contributed by atoms with Crippen LogP contribution in [0.4, 0.5) is 5.69 Å². The molecule has 0 unspecified atom stereocenters. The van der Waals surface area contributed by atoms with Crippen molar-refractivity contribution in [1.82, 2.24) is 0 Å². The van der Waals surface area contributed by atoms with Gasteiger partial charge in [0.1, 0.15) is 5.75 Å². The van der Waals surface area contributed by atoms with Crippen LogP contribution >= 0.6 is 11.6 Å². The first-order valence-electron chi connectivity index (χ1n) is 8.78. The SMILES string of the molecule is CCC(=O)Nc1ccc(C(=O)COC(=O)COc2c(C)cc(Cl)cc2C)cc1. The number of aryl methyl sites for hydroxylation is 2. The zero-order chi connectivity index (χ0) is 20.7. The van der Waals surface area contributed by atoms with Crippen molar-refractivity contribution in [2.75, 3.05) is 18.5 Å². The Balaban J connectivity index is 1.84. The Kier molecular flexibility index (Phi) is 7.58. The summed E-state index contributed by atoms with van der Waals surface area (Å²) in [6.45, 7) is 4.71. The second-order valence-electron chi connectivity index (χ2n) is 6.22. The van der Waals surface area contributed by atoms with Crippen molar-refractivity contribution >= 4 is 34.9 Å². The molecule has 0 aromatic heterocycles. The van der Waals surface area contributed by atoms with Gasteiger partial charge < -0.3 is 14.8 Å². The minimum Gasteiger partial charge on any atom is -0.481 e. The number of hydrogen-bond acceptors (Lipinski definition) is 5. The summed E-state index contributed by atoms with van der Waals surface area (Å²) in [6.07, 6.45) is 0.369. The second kappa shape index (κ2) is 9.90. The number of hydrogen-bond donors (Lipinski definition) is 1. The Bertz CT molecular complexity index is 854. The molecular weight excluding hydrogens is 382 g/mol. The fourth-order valence-corrected chi connectivity index (χ4v) is 2.84. The number of halogens is 1. The zero-order valence-corrected chi connectivity index (χ0v) is 16.8. The third kappa shape index (κ3) is 6.09. The van der Waals surface area contributed by atoms with E-state index in [0.717, 1.165) is 11.1 Å². The highest BCUT2D eigenvalue weighted by molar-refractivity contribution is 6.30. The molecular formula is C21H22ClNO5. The van der Waals surface area contributed by atoms with Crippen molar-refractivity contribution in [2.24, 2.45) is 0 Å². The Labute approximate surface area is 168 Å². The van der Waals surface area contributed by atoms with E-state index in [0.29, 0.717) is 28.4 Å². The van der Waals surface area contributed by atoms with Crippen LogP contribution in [-0.2, 0) is 14.3 Å². The predicted molar refractivity (Wildman–Crippen MR) is 107 cm³/mol. The molecule has 1 N–H and O–H groups in total. The third-order valence-corrected chi connectivity index (χ3v) is 4.15. The molecule has 0 bridgehead atoms.